The Hall–Kier alpha value is -0.0400. The molecule has 1 atom stereocenters. The van der Waals surface area contributed by atoms with Crippen molar-refractivity contribution >= 4 is 0 Å². The van der Waals surface area contributed by atoms with Gasteiger partial charge in [-0.2, -0.15) is 0 Å². The van der Waals surface area contributed by atoms with Crippen LogP contribution in [0.2, 0.25) is 0 Å². The van der Waals surface area contributed by atoms with Crippen molar-refractivity contribution < 1.29 is 0 Å². The summed E-state index contributed by atoms with van der Waals surface area (Å²) in [5.74, 6) is 0. The van der Waals surface area contributed by atoms with Crippen molar-refractivity contribution in [2.45, 2.75) is 175 Å². The standard InChI is InChI=1S/C29H61N/c1-5-9-10-11-12-13-14-15-16-17-18-19-20-21-22-23-24-25-26-27-28-29(6-2)30(7-3)8-4/h29H,5-28H2,1-4H3. The van der Waals surface area contributed by atoms with Crippen molar-refractivity contribution in [2.75, 3.05) is 13.1 Å². The highest BCUT2D eigenvalue weighted by Crippen LogP contribution is 2.17. The Balaban J connectivity index is 3.19. The van der Waals surface area contributed by atoms with Gasteiger partial charge in [0.2, 0.25) is 0 Å². The first-order chi connectivity index (χ1) is 14.8. The summed E-state index contributed by atoms with van der Waals surface area (Å²) in [7, 11) is 0. The van der Waals surface area contributed by atoms with E-state index in [1.165, 1.54) is 154 Å². The van der Waals surface area contributed by atoms with Crippen LogP contribution >= 0.6 is 0 Å². The quantitative estimate of drug-likeness (QED) is 0.132. The number of hydrogen-bond acceptors (Lipinski definition) is 1. The molecule has 0 aliphatic carbocycles. The summed E-state index contributed by atoms with van der Waals surface area (Å²) in [4.78, 5) is 2.65. The van der Waals surface area contributed by atoms with Crippen LogP contribution in [0.5, 0.6) is 0 Å². The van der Waals surface area contributed by atoms with Crippen LogP contribution < -0.4 is 0 Å². The number of nitrogens with zero attached hydrogens (tertiary/aromatic N) is 1. The molecule has 30 heavy (non-hydrogen) atoms. The predicted octanol–water partition coefficient (Wildman–Crippen LogP) is 10.3. The SMILES string of the molecule is CCCCCCCCCCCCCCCCCCCCCCC(CC)N(CC)CC. The highest BCUT2D eigenvalue weighted by molar-refractivity contribution is 4.68. The normalized spacial score (nSPS) is 12.7. The zero-order valence-corrected chi connectivity index (χ0v) is 22.0. The number of hydrogen-bond donors (Lipinski definition) is 0. The van der Waals surface area contributed by atoms with E-state index in [0.29, 0.717) is 0 Å². The summed E-state index contributed by atoms with van der Waals surface area (Å²) in [6, 6.07) is 0.829. The third-order valence-electron chi connectivity index (χ3n) is 7.19. The highest BCUT2D eigenvalue weighted by Gasteiger charge is 2.12. The van der Waals surface area contributed by atoms with Crippen LogP contribution in [-0.2, 0) is 0 Å². The van der Waals surface area contributed by atoms with Crippen molar-refractivity contribution in [3.8, 4) is 0 Å². The van der Waals surface area contributed by atoms with Gasteiger partial charge in [0.15, 0.2) is 0 Å². The second-order valence-corrected chi connectivity index (χ2v) is 9.79. The van der Waals surface area contributed by atoms with E-state index in [0.717, 1.165) is 6.04 Å². The Morgan fingerprint density at radius 1 is 0.400 bits per heavy atom. The summed E-state index contributed by atoms with van der Waals surface area (Å²) < 4.78 is 0. The molecule has 0 fully saturated rings. The zero-order valence-electron chi connectivity index (χ0n) is 22.0. The maximum Gasteiger partial charge on any atom is 0.00924 e. The Morgan fingerprint density at radius 3 is 0.967 bits per heavy atom. The first kappa shape index (κ1) is 30.0. The van der Waals surface area contributed by atoms with Gasteiger partial charge in [-0.15, -0.1) is 0 Å². The third kappa shape index (κ3) is 19.9. The molecule has 182 valence electrons. The van der Waals surface area contributed by atoms with Gasteiger partial charge in [0.25, 0.3) is 0 Å². The van der Waals surface area contributed by atoms with Gasteiger partial charge in [-0.1, -0.05) is 156 Å². The summed E-state index contributed by atoms with van der Waals surface area (Å²) in [5.41, 5.74) is 0. The van der Waals surface area contributed by atoms with Crippen LogP contribution in [0.25, 0.3) is 0 Å². The van der Waals surface area contributed by atoms with Gasteiger partial charge < -0.3 is 4.90 Å². The minimum atomic E-state index is 0.829. The van der Waals surface area contributed by atoms with E-state index in [-0.39, 0.29) is 0 Å². The van der Waals surface area contributed by atoms with E-state index in [1.54, 1.807) is 0 Å². The molecular weight excluding hydrogens is 362 g/mol. The van der Waals surface area contributed by atoms with Gasteiger partial charge in [0, 0.05) is 6.04 Å². The molecule has 0 aliphatic rings. The van der Waals surface area contributed by atoms with E-state index in [9.17, 15) is 0 Å². The molecule has 0 heterocycles. The molecule has 0 aromatic heterocycles. The molecule has 0 saturated heterocycles. The molecule has 0 radical (unpaired) electrons. The largest absolute Gasteiger partial charge is 0.301 e. The molecule has 0 aromatic rings. The van der Waals surface area contributed by atoms with Crippen LogP contribution in [0.1, 0.15) is 169 Å². The zero-order chi connectivity index (χ0) is 22.1. The lowest BCUT2D eigenvalue weighted by Gasteiger charge is -2.28. The van der Waals surface area contributed by atoms with Crippen LogP contribution in [0, 0.1) is 0 Å². The second-order valence-electron chi connectivity index (χ2n) is 9.79. The fourth-order valence-electron chi connectivity index (χ4n) is 5.02. The molecule has 0 aliphatic heterocycles. The summed E-state index contributed by atoms with van der Waals surface area (Å²) in [6.07, 6.45) is 32.1. The topological polar surface area (TPSA) is 3.24 Å². The molecule has 0 N–H and O–H groups in total. The minimum Gasteiger partial charge on any atom is -0.301 e. The highest BCUT2D eigenvalue weighted by atomic mass is 15.1. The number of rotatable bonds is 25. The van der Waals surface area contributed by atoms with E-state index >= 15 is 0 Å². The maximum atomic E-state index is 2.65. The average Bonchev–Trinajstić information content (AvgIpc) is 2.77. The Morgan fingerprint density at radius 2 is 0.700 bits per heavy atom. The molecule has 0 saturated carbocycles. The van der Waals surface area contributed by atoms with Crippen LogP contribution in [-0.4, -0.2) is 24.0 Å². The van der Waals surface area contributed by atoms with E-state index in [1.807, 2.05) is 0 Å². The summed E-state index contributed by atoms with van der Waals surface area (Å²) >= 11 is 0. The van der Waals surface area contributed by atoms with Crippen molar-refractivity contribution in [1.82, 2.24) is 4.90 Å². The molecule has 0 aromatic carbocycles. The van der Waals surface area contributed by atoms with Gasteiger partial charge >= 0.3 is 0 Å². The lowest BCUT2D eigenvalue weighted by molar-refractivity contribution is 0.196. The van der Waals surface area contributed by atoms with Crippen molar-refractivity contribution in [3.05, 3.63) is 0 Å². The van der Waals surface area contributed by atoms with Crippen LogP contribution in [0.4, 0.5) is 0 Å². The van der Waals surface area contributed by atoms with E-state index in [4.69, 9.17) is 0 Å². The Labute approximate surface area is 193 Å². The van der Waals surface area contributed by atoms with E-state index < -0.39 is 0 Å². The van der Waals surface area contributed by atoms with Gasteiger partial charge in [-0.3, -0.25) is 0 Å². The smallest absolute Gasteiger partial charge is 0.00924 e. The molecule has 1 unspecified atom stereocenters. The molecule has 1 heteroatoms. The second kappa shape index (κ2) is 25.2. The summed E-state index contributed by atoms with van der Waals surface area (Å²) in [6.45, 7) is 11.7. The molecule has 1 nitrogen and oxygen atoms in total. The van der Waals surface area contributed by atoms with Crippen molar-refractivity contribution in [2.24, 2.45) is 0 Å². The van der Waals surface area contributed by atoms with Crippen LogP contribution in [0.15, 0.2) is 0 Å². The van der Waals surface area contributed by atoms with Gasteiger partial charge in [-0.05, 0) is 25.9 Å². The predicted molar refractivity (Wildman–Crippen MR) is 140 cm³/mol. The van der Waals surface area contributed by atoms with Crippen LogP contribution in [0.3, 0.4) is 0 Å². The molecule has 0 spiro atoms. The fraction of sp³-hybridized carbons (Fsp3) is 1.00. The lowest BCUT2D eigenvalue weighted by Crippen LogP contribution is -2.34. The minimum absolute atomic E-state index is 0.829. The first-order valence-electron chi connectivity index (χ1n) is 14.5. The van der Waals surface area contributed by atoms with Crippen molar-refractivity contribution in [1.29, 1.82) is 0 Å². The number of unbranched alkanes of at least 4 members (excludes halogenated alkanes) is 19. The van der Waals surface area contributed by atoms with Gasteiger partial charge in [0.05, 0.1) is 0 Å². The fourth-order valence-corrected chi connectivity index (χ4v) is 5.02. The van der Waals surface area contributed by atoms with Crippen molar-refractivity contribution in [3.63, 3.8) is 0 Å². The first-order valence-corrected chi connectivity index (χ1v) is 14.5. The molecular formula is C29H61N. The monoisotopic (exact) mass is 423 g/mol. The molecule has 0 rings (SSSR count). The third-order valence-corrected chi connectivity index (χ3v) is 7.19. The maximum absolute atomic E-state index is 2.65. The average molecular weight is 424 g/mol. The Bertz CT molecular complexity index is 297. The summed E-state index contributed by atoms with van der Waals surface area (Å²) in [5, 5.41) is 0. The van der Waals surface area contributed by atoms with Gasteiger partial charge in [-0.25, -0.2) is 0 Å². The lowest BCUT2D eigenvalue weighted by atomic mass is 10.0. The van der Waals surface area contributed by atoms with Gasteiger partial charge in [0.1, 0.15) is 0 Å². The molecule has 0 bridgehead atoms. The molecule has 0 amide bonds. The van der Waals surface area contributed by atoms with E-state index in [2.05, 4.69) is 32.6 Å². The Kier molecular flexibility index (Phi) is 25.2.